The van der Waals surface area contributed by atoms with Crippen molar-refractivity contribution in [2.45, 2.75) is 0 Å². The Bertz CT molecular complexity index is 748. The molecule has 3 rings (SSSR count). The van der Waals surface area contributed by atoms with Crippen LogP contribution < -0.4 is 0 Å². The molecule has 1 aromatic heterocycles. The van der Waals surface area contributed by atoms with Crippen molar-refractivity contribution in [2.75, 3.05) is 0 Å². The van der Waals surface area contributed by atoms with E-state index in [-0.39, 0.29) is 5.78 Å². The first-order chi connectivity index (χ1) is 9.33. The third-order valence-corrected chi connectivity index (χ3v) is 3.34. The third-order valence-electron chi connectivity index (χ3n) is 2.82. The molecule has 0 aliphatic rings. The van der Waals surface area contributed by atoms with E-state index in [0.717, 1.165) is 10.8 Å². The van der Waals surface area contributed by atoms with Gasteiger partial charge in [-0.25, -0.2) is 0 Å². The summed E-state index contributed by atoms with van der Waals surface area (Å²) in [5.41, 5.74) is 1.39. The highest BCUT2D eigenvalue weighted by atomic mass is 32.1. The fourth-order valence-corrected chi connectivity index (χ4v) is 2.27. The van der Waals surface area contributed by atoms with E-state index in [1.807, 2.05) is 42.5 Å². The van der Waals surface area contributed by atoms with E-state index in [4.69, 9.17) is 0 Å². The summed E-state index contributed by atoms with van der Waals surface area (Å²) in [6.45, 7) is 0. The van der Waals surface area contributed by atoms with Crippen LogP contribution in [0.1, 0.15) is 16.1 Å². The molecule has 92 valence electrons. The minimum atomic E-state index is -0.0289. The van der Waals surface area contributed by atoms with E-state index in [1.165, 1.54) is 17.6 Å². The second-order valence-corrected chi connectivity index (χ2v) is 4.70. The molecule has 2 aromatic carbocycles. The molecule has 0 bridgehead atoms. The van der Waals surface area contributed by atoms with Gasteiger partial charge >= 0.3 is 0 Å². The lowest BCUT2D eigenvalue weighted by Gasteiger charge is -2.00. The van der Waals surface area contributed by atoms with E-state index in [1.54, 1.807) is 11.5 Å². The molecule has 19 heavy (non-hydrogen) atoms. The normalized spacial score (nSPS) is 11.2. The van der Waals surface area contributed by atoms with Crippen molar-refractivity contribution in [3.05, 3.63) is 65.2 Å². The Morgan fingerprint density at radius 1 is 1.11 bits per heavy atom. The van der Waals surface area contributed by atoms with Crippen molar-refractivity contribution < 1.29 is 4.79 Å². The van der Waals surface area contributed by atoms with Gasteiger partial charge in [-0.1, -0.05) is 40.9 Å². The lowest BCUT2D eigenvalue weighted by atomic mass is 10.0. The van der Waals surface area contributed by atoms with Crippen LogP contribution in [0.25, 0.3) is 16.8 Å². The highest BCUT2D eigenvalue weighted by molar-refractivity contribution is 7.03. The monoisotopic (exact) mass is 266 g/mol. The minimum absolute atomic E-state index is 0.0289. The molecule has 1 heterocycles. The number of nitrogens with zero attached hydrogens (tertiary/aromatic N) is 2. The van der Waals surface area contributed by atoms with Crippen molar-refractivity contribution >= 4 is 34.2 Å². The lowest BCUT2D eigenvalue weighted by Crippen LogP contribution is -1.93. The number of hydrogen-bond acceptors (Lipinski definition) is 4. The maximum Gasteiger partial charge on any atom is 0.185 e. The fourth-order valence-electron chi connectivity index (χ4n) is 1.84. The van der Waals surface area contributed by atoms with Gasteiger partial charge in [0.1, 0.15) is 0 Å². The Balaban J connectivity index is 1.89. The molecule has 4 heteroatoms. The highest BCUT2D eigenvalue weighted by Crippen LogP contribution is 2.16. The second kappa shape index (κ2) is 5.12. The average Bonchev–Trinajstić information content (AvgIpc) is 2.97. The number of aromatic nitrogens is 2. The summed E-state index contributed by atoms with van der Waals surface area (Å²) < 4.78 is 3.74. The molecular formula is C15H10N2OS. The Morgan fingerprint density at radius 3 is 2.74 bits per heavy atom. The average molecular weight is 266 g/mol. The fraction of sp³-hybridized carbons (Fsp3) is 0. The van der Waals surface area contributed by atoms with Crippen LogP contribution in [0.15, 0.2) is 53.9 Å². The number of carbonyl (C=O) groups excluding carboxylic acids is 1. The molecule has 0 fully saturated rings. The van der Waals surface area contributed by atoms with Crippen LogP contribution in [-0.2, 0) is 0 Å². The molecule has 0 aliphatic heterocycles. The number of ketones is 1. The van der Waals surface area contributed by atoms with Gasteiger partial charge in [-0.2, -0.15) is 0 Å². The predicted molar refractivity (Wildman–Crippen MR) is 77.2 cm³/mol. The van der Waals surface area contributed by atoms with E-state index in [9.17, 15) is 4.79 Å². The smallest absolute Gasteiger partial charge is 0.185 e. The summed E-state index contributed by atoms with van der Waals surface area (Å²) in [5.74, 6) is -0.0289. The van der Waals surface area contributed by atoms with Gasteiger partial charge in [0.05, 0.1) is 5.69 Å². The van der Waals surface area contributed by atoms with Crippen molar-refractivity contribution in [3.8, 4) is 0 Å². The van der Waals surface area contributed by atoms with Crippen LogP contribution in [0.2, 0.25) is 0 Å². The van der Waals surface area contributed by atoms with Gasteiger partial charge in [0.25, 0.3) is 0 Å². The number of carbonyl (C=O) groups is 1. The minimum Gasteiger partial charge on any atom is -0.289 e. The second-order valence-electron chi connectivity index (χ2n) is 4.09. The summed E-state index contributed by atoms with van der Waals surface area (Å²) in [5, 5.41) is 7.86. The Kier molecular flexibility index (Phi) is 3.16. The van der Waals surface area contributed by atoms with Crippen molar-refractivity contribution in [1.29, 1.82) is 0 Å². The van der Waals surface area contributed by atoms with Crippen molar-refractivity contribution in [3.63, 3.8) is 0 Å². The molecule has 0 aliphatic carbocycles. The van der Waals surface area contributed by atoms with Crippen LogP contribution in [0.5, 0.6) is 0 Å². The maximum absolute atomic E-state index is 12.1. The van der Waals surface area contributed by atoms with Crippen molar-refractivity contribution in [1.82, 2.24) is 9.59 Å². The zero-order chi connectivity index (χ0) is 13.1. The Labute approximate surface area is 114 Å². The first-order valence-corrected chi connectivity index (χ1v) is 6.65. The molecule has 0 atom stereocenters. The lowest BCUT2D eigenvalue weighted by molar-refractivity contribution is 0.104. The molecule has 3 nitrogen and oxygen atoms in total. The third kappa shape index (κ3) is 2.58. The molecule has 0 unspecified atom stereocenters. The molecule has 0 saturated heterocycles. The Hall–Kier alpha value is -2.33. The summed E-state index contributed by atoms with van der Waals surface area (Å²) in [7, 11) is 0. The SMILES string of the molecule is O=C(/C=C/c1csnn1)c1ccc2ccccc2c1. The molecule has 0 N–H and O–H groups in total. The maximum atomic E-state index is 12.1. The van der Waals surface area contributed by atoms with Gasteiger partial charge in [0, 0.05) is 10.9 Å². The van der Waals surface area contributed by atoms with E-state index < -0.39 is 0 Å². The van der Waals surface area contributed by atoms with Gasteiger partial charge in [0.15, 0.2) is 5.78 Å². The standard InChI is InChI=1S/C15H10N2OS/c18-15(8-7-14-10-19-17-16-14)13-6-5-11-3-1-2-4-12(11)9-13/h1-10H/b8-7+. The molecular weight excluding hydrogens is 256 g/mol. The zero-order valence-corrected chi connectivity index (χ0v) is 10.8. The van der Waals surface area contributed by atoms with Gasteiger partial charge in [-0.3, -0.25) is 4.79 Å². The number of fused-ring (bicyclic) bond motifs is 1. The predicted octanol–water partition coefficient (Wildman–Crippen LogP) is 3.59. The largest absolute Gasteiger partial charge is 0.289 e. The summed E-state index contributed by atoms with van der Waals surface area (Å²) >= 11 is 1.27. The van der Waals surface area contributed by atoms with E-state index in [2.05, 4.69) is 9.59 Å². The molecule has 0 amide bonds. The quantitative estimate of drug-likeness (QED) is 0.537. The first kappa shape index (κ1) is 11.7. The van der Waals surface area contributed by atoms with Gasteiger partial charge in [-0.05, 0) is 40.5 Å². The van der Waals surface area contributed by atoms with E-state index >= 15 is 0 Å². The summed E-state index contributed by atoms with van der Waals surface area (Å²) in [4.78, 5) is 12.1. The first-order valence-electron chi connectivity index (χ1n) is 5.81. The van der Waals surface area contributed by atoms with Gasteiger partial charge in [0.2, 0.25) is 0 Å². The molecule has 0 spiro atoms. The topological polar surface area (TPSA) is 42.9 Å². The van der Waals surface area contributed by atoms with Crippen LogP contribution >= 0.6 is 11.5 Å². The molecule has 0 radical (unpaired) electrons. The van der Waals surface area contributed by atoms with Gasteiger partial charge < -0.3 is 0 Å². The van der Waals surface area contributed by atoms with Gasteiger partial charge in [-0.15, -0.1) is 5.10 Å². The number of hydrogen-bond donors (Lipinski definition) is 0. The summed E-state index contributed by atoms with van der Waals surface area (Å²) in [6, 6.07) is 13.7. The number of rotatable bonds is 3. The summed E-state index contributed by atoms with van der Waals surface area (Å²) in [6.07, 6.45) is 3.21. The zero-order valence-electron chi connectivity index (χ0n) is 9.98. The molecule has 0 saturated carbocycles. The van der Waals surface area contributed by atoms with Crippen LogP contribution in [0.3, 0.4) is 0 Å². The number of allylic oxidation sites excluding steroid dienone is 1. The molecule has 3 aromatic rings. The van der Waals surface area contributed by atoms with Crippen LogP contribution in [0.4, 0.5) is 0 Å². The van der Waals surface area contributed by atoms with Crippen LogP contribution in [0, 0.1) is 0 Å². The Morgan fingerprint density at radius 2 is 1.95 bits per heavy atom. The number of benzene rings is 2. The van der Waals surface area contributed by atoms with Crippen LogP contribution in [-0.4, -0.2) is 15.4 Å². The highest BCUT2D eigenvalue weighted by Gasteiger charge is 2.03. The van der Waals surface area contributed by atoms with Crippen molar-refractivity contribution in [2.24, 2.45) is 0 Å². The van der Waals surface area contributed by atoms with E-state index in [0.29, 0.717) is 11.3 Å².